The predicted molar refractivity (Wildman–Crippen MR) is 93.6 cm³/mol. The van der Waals surface area contributed by atoms with Crippen LogP contribution in [-0.2, 0) is 0 Å². The Morgan fingerprint density at radius 2 is 1.90 bits per heavy atom. The average molecular weight is 307 g/mol. The van der Waals surface area contributed by atoms with Crippen LogP contribution in [0.3, 0.4) is 0 Å². The topological polar surface area (TPSA) is 6.48 Å². The highest BCUT2D eigenvalue weighted by Gasteiger charge is 2.22. The molecular formula is C18H30N2S. The lowest BCUT2D eigenvalue weighted by Crippen LogP contribution is -2.41. The summed E-state index contributed by atoms with van der Waals surface area (Å²) in [7, 11) is 2.21. The molecule has 1 heterocycles. The van der Waals surface area contributed by atoms with Gasteiger partial charge in [-0.15, -0.1) is 0 Å². The lowest BCUT2D eigenvalue weighted by molar-refractivity contribution is 0.125. The maximum Gasteiger partial charge on any atom is 0.0230 e. The highest BCUT2D eigenvalue weighted by molar-refractivity contribution is 7.97. The molecule has 0 amide bonds. The molecule has 0 aromatic heterocycles. The molecule has 1 aliphatic heterocycles. The Balaban J connectivity index is 1.74. The molecule has 0 saturated carbocycles. The fraction of sp³-hybridized carbons (Fsp3) is 0.667. The molecule has 2 nitrogen and oxygen atoms in total. The molecule has 1 saturated heterocycles. The van der Waals surface area contributed by atoms with Gasteiger partial charge in [0.2, 0.25) is 0 Å². The lowest BCUT2D eigenvalue weighted by Gasteiger charge is -2.37. The number of rotatable bonds is 7. The summed E-state index contributed by atoms with van der Waals surface area (Å²) < 4.78 is 2.38. The third-order valence-corrected chi connectivity index (χ3v) is 5.56. The molecule has 3 heteroatoms. The Bertz CT molecular complexity index is 387. The van der Waals surface area contributed by atoms with Crippen molar-refractivity contribution in [2.45, 2.75) is 50.5 Å². The highest BCUT2D eigenvalue weighted by atomic mass is 32.2. The first-order valence-corrected chi connectivity index (χ1v) is 9.14. The smallest absolute Gasteiger partial charge is 0.0230 e. The van der Waals surface area contributed by atoms with Crippen LogP contribution in [-0.4, -0.2) is 41.9 Å². The van der Waals surface area contributed by atoms with Gasteiger partial charge in [-0.2, -0.15) is 0 Å². The molecule has 1 aromatic carbocycles. The van der Waals surface area contributed by atoms with E-state index in [4.69, 9.17) is 0 Å². The zero-order valence-corrected chi connectivity index (χ0v) is 14.6. The van der Waals surface area contributed by atoms with Gasteiger partial charge in [-0.05, 0) is 75.8 Å². The summed E-state index contributed by atoms with van der Waals surface area (Å²) in [4.78, 5) is 4.06. The van der Waals surface area contributed by atoms with Gasteiger partial charge >= 0.3 is 0 Å². The van der Waals surface area contributed by atoms with Crippen molar-refractivity contribution in [3.8, 4) is 0 Å². The first kappa shape index (κ1) is 16.9. The summed E-state index contributed by atoms with van der Waals surface area (Å²) in [5.74, 6) is 0.926. The first-order valence-electron chi connectivity index (χ1n) is 8.37. The normalized spacial score (nSPS) is 19.0. The van der Waals surface area contributed by atoms with E-state index >= 15 is 0 Å². The second-order valence-electron chi connectivity index (χ2n) is 6.33. The summed E-state index contributed by atoms with van der Waals surface area (Å²) in [6.45, 7) is 8.49. The molecule has 0 aliphatic carbocycles. The van der Waals surface area contributed by atoms with Crippen LogP contribution in [0.1, 0.15) is 39.5 Å². The molecule has 0 spiro atoms. The van der Waals surface area contributed by atoms with Crippen molar-refractivity contribution in [1.82, 2.24) is 9.21 Å². The average Bonchev–Trinajstić information content (AvgIpc) is 2.50. The number of benzene rings is 1. The Kier molecular flexibility index (Phi) is 7.08. The maximum atomic E-state index is 2.72. The van der Waals surface area contributed by atoms with E-state index in [1.54, 1.807) is 0 Å². The van der Waals surface area contributed by atoms with E-state index in [0.717, 1.165) is 18.5 Å². The van der Waals surface area contributed by atoms with Crippen LogP contribution in [0.2, 0.25) is 0 Å². The highest BCUT2D eigenvalue weighted by Crippen LogP contribution is 2.24. The van der Waals surface area contributed by atoms with Crippen molar-refractivity contribution >= 4 is 11.9 Å². The molecule has 118 valence electrons. The number of likely N-dealkylation sites (tertiary alicyclic amines) is 1. The summed E-state index contributed by atoms with van der Waals surface area (Å²) in [5, 5.41) is 0. The Morgan fingerprint density at radius 1 is 1.24 bits per heavy atom. The standard InChI is InChI=1S/C18H30N2S/c1-4-17(20-14-10-16(2)11-15-20)12-13-19(3)21-18-8-6-5-7-9-18/h5-9,16-17H,4,10-15H2,1-3H3. The molecule has 2 rings (SSSR count). The quantitative estimate of drug-likeness (QED) is 0.684. The number of hydrogen-bond acceptors (Lipinski definition) is 3. The number of piperidine rings is 1. The minimum atomic E-state index is 0.760. The summed E-state index contributed by atoms with van der Waals surface area (Å²) in [6, 6.07) is 11.4. The molecular weight excluding hydrogens is 276 g/mol. The van der Waals surface area contributed by atoms with Gasteiger partial charge in [-0.3, -0.25) is 0 Å². The zero-order chi connectivity index (χ0) is 15.1. The van der Waals surface area contributed by atoms with E-state index in [1.807, 2.05) is 11.9 Å². The van der Waals surface area contributed by atoms with Crippen molar-refractivity contribution in [3.05, 3.63) is 30.3 Å². The van der Waals surface area contributed by atoms with Crippen molar-refractivity contribution in [2.75, 3.05) is 26.7 Å². The molecule has 1 atom stereocenters. The van der Waals surface area contributed by atoms with E-state index in [0.29, 0.717) is 0 Å². The third-order valence-electron chi connectivity index (χ3n) is 4.59. The van der Waals surface area contributed by atoms with Crippen LogP contribution in [0.5, 0.6) is 0 Å². The van der Waals surface area contributed by atoms with Gasteiger partial charge < -0.3 is 4.90 Å². The van der Waals surface area contributed by atoms with Gasteiger partial charge in [-0.1, -0.05) is 32.0 Å². The van der Waals surface area contributed by atoms with E-state index in [1.165, 1.54) is 43.7 Å². The fourth-order valence-corrected chi connectivity index (χ4v) is 3.91. The molecule has 1 unspecified atom stereocenters. The molecule has 0 radical (unpaired) electrons. The monoisotopic (exact) mass is 306 g/mol. The van der Waals surface area contributed by atoms with Crippen LogP contribution in [0.4, 0.5) is 0 Å². The second kappa shape index (κ2) is 8.82. The van der Waals surface area contributed by atoms with Gasteiger partial charge in [0.1, 0.15) is 0 Å². The van der Waals surface area contributed by atoms with Gasteiger partial charge in [0.15, 0.2) is 0 Å². The summed E-state index contributed by atoms with van der Waals surface area (Å²) >= 11 is 1.86. The van der Waals surface area contributed by atoms with Crippen LogP contribution >= 0.6 is 11.9 Å². The van der Waals surface area contributed by atoms with E-state index in [-0.39, 0.29) is 0 Å². The summed E-state index contributed by atoms with van der Waals surface area (Å²) in [5.41, 5.74) is 0. The first-order chi connectivity index (χ1) is 10.2. The van der Waals surface area contributed by atoms with Crippen molar-refractivity contribution in [3.63, 3.8) is 0 Å². The Labute approximate surface area is 135 Å². The third kappa shape index (κ3) is 5.65. The summed E-state index contributed by atoms with van der Waals surface area (Å²) in [6.07, 6.45) is 5.32. The predicted octanol–water partition coefficient (Wildman–Crippen LogP) is 4.53. The Morgan fingerprint density at radius 3 is 2.52 bits per heavy atom. The van der Waals surface area contributed by atoms with Gasteiger partial charge in [0.05, 0.1) is 0 Å². The van der Waals surface area contributed by atoms with Gasteiger partial charge in [-0.25, -0.2) is 4.31 Å². The molecule has 1 fully saturated rings. The lowest BCUT2D eigenvalue weighted by atomic mass is 9.96. The van der Waals surface area contributed by atoms with E-state index in [2.05, 4.69) is 60.4 Å². The van der Waals surface area contributed by atoms with Crippen LogP contribution in [0, 0.1) is 5.92 Å². The number of hydrogen-bond donors (Lipinski definition) is 0. The minimum absolute atomic E-state index is 0.760. The molecule has 1 aliphatic rings. The van der Waals surface area contributed by atoms with Crippen molar-refractivity contribution in [1.29, 1.82) is 0 Å². The van der Waals surface area contributed by atoms with Crippen molar-refractivity contribution < 1.29 is 0 Å². The van der Waals surface area contributed by atoms with Crippen LogP contribution in [0.15, 0.2) is 35.2 Å². The minimum Gasteiger partial charge on any atom is -0.300 e. The van der Waals surface area contributed by atoms with Gasteiger partial charge in [0.25, 0.3) is 0 Å². The largest absolute Gasteiger partial charge is 0.300 e. The molecule has 0 N–H and O–H groups in total. The van der Waals surface area contributed by atoms with Crippen LogP contribution < -0.4 is 0 Å². The zero-order valence-electron chi connectivity index (χ0n) is 13.8. The van der Waals surface area contributed by atoms with Gasteiger partial charge in [0, 0.05) is 17.5 Å². The number of nitrogens with zero attached hydrogens (tertiary/aromatic N) is 2. The molecule has 1 aromatic rings. The molecule has 0 bridgehead atoms. The molecule has 21 heavy (non-hydrogen) atoms. The fourth-order valence-electron chi connectivity index (χ4n) is 3.08. The SMILES string of the molecule is CCC(CCN(C)Sc1ccccc1)N1CCC(C)CC1. The second-order valence-corrected chi connectivity index (χ2v) is 7.60. The Hall–Kier alpha value is -0.510. The van der Waals surface area contributed by atoms with E-state index in [9.17, 15) is 0 Å². The van der Waals surface area contributed by atoms with Crippen molar-refractivity contribution in [2.24, 2.45) is 5.92 Å². The van der Waals surface area contributed by atoms with Crippen LogP contribution in [0.25, 0.3) is 0 Å². The maximum absolute atomic E-state index is 2.72. The van der Waals surface area contributed by atoms with E-state index < -0.39 is 0 Å².